The van der Waals surface area contributed by atoms with Crippen molar-refractivity contribution in [1.82, 2.24) is 9.97 Å². The summed E-state index contributed by atoms with van der Waals surface area (Å²) in [6.07, 6.45) is 1.59. The molecule has 0 saturated heterocycles. The molecule has 0 saturated carbocycles. The third-order valence-electron chi connectivity index (χ3n) is 1.41. The van der Waals surface area contributed by atoms with Crippen LogP contribution in [-0.2, 0) is 0 Å². The second-order valence-electron chi connectivity index (χ2n) is 2.31. The Bertz CT molecular complexity index is 394. The van der Waals surface area contributed by atoms with E-state index >= 15 is 0 Å². The fourth-order valence-electron chi connectivity index (χ4n) is 0.906. The summed E-state index contributed by atoms with van der Waals surface area (Å²) in [4.78, 5) is 8.32. The van der Waals surface area contributed by atoms with Crippen LogP contribution in [0.4, 0.5) is 0 Å². The summed E-state index contributed by atoms with van der Waals surface area (Å²) in [5.74, 6) is 1.22. The maximum absolute atomic E-state index is 5.16. The monoisotopic (exact) mass is 302 g/mol. The molecule has 0 atom stereocenters. The van der Waals surface area contributed by atoms with Crippen LogP contribution in [0.2, 0.25) is 0 Å². The zero-order valence-electron chi connectivity index (χ0n) is 6.37. The highest BCUT2D eigenvalue weighted by molar-refractivity contribution is 9.11. The van der Waals surface area contributed by atoms with Gasteiger partial charge in [0.05, 0.1) is 6.26 Å². The van der Waals surface area contributed by atoms with Gasteiger partial charge in [-0.25, -0.2) is 9.97 Å². The maximum Gasteiger partial charge on any atom is 0.197 e. The van der Waals surface area contributed by atoms with Gasteiger partial charge in [0.15, 0.2) is 11.6 Å². The van der Waals surface area contributed by atoms with Crippen molar-refractivity contribution in [3.8, 4) is 11.6 Å². The molecule has 0 N–H and O–H groups in total. The van der Waals surface area contributed by atoms with Crippen LogP contribution in [-0.4, -0.2) is 9.97 Å². The molecule has 0 radical (unpaired) electrons. The molecule has 0 unspecified atom stereocenters. The summed E-state index contributed by atoms with van der Waals surface area (Å²) in [7, 11) is 0. The highest BCUT2D eigenvalue weighted by atomic mass is 79.9. The molecule has 2 aromatic rings. The van der Waals surface area contributed by atoms with Gasteiger partial charge < -0.3 is 4.42 Å². The Balaban J connectivity index is 2.53. The number of rotatable bonds is 1. The van der Waals surface area contributed by atoms with Gasteiger partial charge in [-0.15, -0.1) is 0 Å². The van der Waals surface area contributed by atoms with Crippen LogP contribution in [0.5, 0.6) is 0 Å². The average molecular weight is 304 g/mol. The normalized spacial score (nSPS) is 10.3. The summed E-state index contributed by atoms with van der Waals surface area (Å²) < 4.78 is 6.61. The number of aromatic nitrogens is 2. The van der Waals surface area contributed by atoms with Crippen LogP contribution < -0.4 is 0 Å². The Labute approximate surface area is 91.5 Å². The van der Waals surface area contributed by atoms with Crippen LogP contribution in [0, 0.1) is 0 Å². The van der Waals surface area contributed by atoms with E-state index in [-0.39, 0.29) is 0 Å². The minimum Gasteiger partial charge on any atom is -0.461 e. The van der Waals surface area contributed by atoms with Crippen molar-refractivity contribution in [2.75, 3.05) is 0 Å². The Kier molecular flexibility index (Phi) is 2.46. The Morgan fingerprint density at radius 3 is 2.38 bits per heavy atom. The van der Waals surface area contributed by atoms with Gasteiger partial charge in [-0.3, -0.25) is 0 Å². The van der Waals surface area contributed by atoms with Crippen molar-refractivity contribution < 1.29 is 4.42 Å². The van der Waals surface area contributed by atoms with Gasteiger partial charge >= 0.3 is 0 Å². The first-order valence-corrected chi connectivity index (χ1v) is 5.08. The van der Waals surface area contributed by atoms with Gasteiger partial charge in [-0.2, -0.15) is 0 Å². The molecule has 2 heterocycles. The van der Waals surface area contributed by atoms with Crippen molar-refractivity contribution >= 4 is 31.9 Å². The minimum atomic E-state index is 0.561. The molecule has 0 aliphatic carbocycles. The lowest BCUT2D eigenvalue weighted by Gasteiger charge is -1.96. The van der Waals surface area contributed by atoms with Crippen LogP contribution in [0.3, 0.4) is 0 Å². The lowest BCUT2D eigenvalue weighted by atomic mass is 10.4. The highest BCUT2D eigenvalue weighted by Gasteiger charge is 2.05. The third kappa shape index (κ3) is 1.97. The predicted octanol–water partition coefficient (Wildman–Crippen LogP) is 3.26. The van der Waals surface area contributed by atoms with E-state index in [0.29, 0.717) is 11.6 Å². The van der Waals surface area contributed by atoms with Gasteiger partial charge in [-0.05, 0) is 44.0 Å². The van der Waals surface area contributed by atoms with E-state index < -0.39 is 0 Å². The quantitative estimate of drug-likeness (QED) is 0.759. The summed E-state index contributed by atoms with van der Waals surface area (Å²) in [5, 5.41) is 0. The highest BCUT2D eigenvalue weighted by Crippen LogP contribution is 2.20. The first-order chi connectivity index (χ1) is 6.25. The lowest BCUT2D eigenvalue weighted by Crippen LogP contribution is -1.88. The standard InChI is InChI=1S/C8H4Br2N2O/c9-6-4-7(10)12-8(11-6)5-2-1-3-13-5/h1-4H. The lowest BCUT2D eigenvalue weighted by molar-refractivity contribution is 0.577. The van der Waals surface area contributed by atoms with Crippen molar-refractivity contribution in [1.29, 1.82) is 0 Å². The molecule has 13 heavy (non-hydrogen) atoms. The van der Waals surface area contributed by atoms with Gasteiger partial charge in [0.2, 0.25) is 0 Å². The van der Waals surface area contributed by atoms with Gasteiger partial charge in [0.25, 0.3) is 0 Å². The second kappa shape index (κ2) is 3.59. The molecular formula is C8H4Br2N2O. The topological polar surface area (TPSA) is 38.9 Å². The van der Waals surface area contributed by atoms with E-state index in [1.54, 1.807) is 18.4 Å². The third-order valence-corrected chi connectivity index (χ3v) is 2.22. The van der Waals surface area contributed by atoms with E-state index in [9.17, 15) is 0 Å². The van der Waals surface area contributed by atoms with Crippen LogP contribution in [0.25, 0.3) is 11.6 Å². The molecule has 66 valence electrons. The largest absolute Gasteiger partial charge is 0.461 e. The van der Waals surface area contributed by atoms with E-state index in [4.69, 9.17) is 4.42 Å². The van der Waals surface area contributed by atoms with Gasteiger partial charge in [-0.1, -0.05) is 0 Å². The zero-order valence-corrected chi connectivity index (χ0v) is 9.54. The SMILES string of the molecule is Brc1cc(Br)nc(-c2ccco2)n1. The molecule has 0 fully saturated rings. The van der Waals surface area contributed by atoms with Gasteiger partial charge in [0, 0.05) is 6.07 Å². The van der Waals surface area contributed by atoms with E-state index in [2.05, 4.69) is 41.8 Å². The summed E-state index contributed by atoms with van der Waals surface area (Å²) in [6, 6.07) is 5.38. The molecule has 5 heteroatoms. The Hall–Kier alpha value is -0.680. The molecule has 0 bridgehead atoms. The minimum absolute atomic E-state index is 0.561. The summed E-state index contributed by atoms with van der Waals surface area (Å²) in [5.41, 5.74) is 0. The Morgan fingerprint density at radius 1 is 1.15 bits per heavy atom. The molecule has 0 amide bonds. The number of hydrogen-bond donors (Lipinski definition) is 0. The molecule has 3 nitrogen and oxygen atoms in total. The number of nitrogens with zero attached hydrogens (tertiary/aromatic N) is 2. The van der Waals surface area contributed by atoms with Crippen molar-refractivity contribution in [3.63, 3.8) is 0 Å². The molecular weight excluding hydrogens is 300 g/mol. The van der Waals surface area contributed by atoms with Crippen molar-refractivity contribution in [3.05, 3.63) is 33.7 Å². The molecule has 2 rings (SSSR count). The first kappa shape index (κ1) is 8.90. The van der Waals surface area contributed by atoms with Crippen molar-refractivity contribution in [2.24, 2.45) is 0 Å². The second-order valence-corrected chi connectivity index (χ2v) is 3.94. The fraction of sp³-hybridized carbons (Fsp3) is 0. The summed E-state index contributed by atoms with van der Waals surface area (Å²) >= 11 is 6.55. The maximum atomic E-state index is 5.16. The van der Waals surface area contributed by atoms with Crippen molar-refractivity contribution in [2.45, 2.75) is 0 Å². The Morgan fingerprint density at radius 2 is 1.85 bits per heavy atom. The average Bonchev–Trinajstić information content (AvgIpc) is 2.53. The number of halogens is 2. The van der Waals surface area contributed by atoms with E-state index in [0.717, 1.165) is 9.21 Å². The first-order valence-electron chi connectivity index (χ1n) is 3.49. The van der Waals surface area contributed by atoms with Crippen LogP contribution >= 0.6 is 31.9 Å². The zero-order chi connectivity index (χ0) is 9.26. The summed E-state index contributed by atoms with van der Waals surface area (Å²) in [6.45, 7) is 0. The number of furan rings is 1. The van der Waals surface area contributed by atoms with Crippen LogP contribution in [0.15, 0.2) is 38.1 Å². The molecule has 0 aliphatic heterocycles. The van der Waals surface area contributed by atoms with E-state index in [1.807, 2.05) is 6.07 Å². The molecule has 2 aromatic heterocycles. The molecule has 0 aliphatic rings. The predicted molar refractivity (Wildman–Crippen MR) is 55.1 cm³/mol. The molecule has 0 spiro atoms. The van der Waals surface area contributed by atoms with Crippen LogP contribution in [0.1, 0.15) is 0 Å². The van der Waals surface area contributed by atoms with E-state index in [1.165, 1.54) is 0 Å². The fourth-order valence-corrected chi connectivity index (χ4v) is 1.98. The number of hydrogen-bond acceptors (Lipinski definition) is 3. The van der Waals surface area contributed by atoms with Gasteiger partial charge in [0.1, 0.15) is 9.21 Å². The smallest absolute Gasteiger partial charge is 0.197 e. The molecule has 0 aromatic carbocycles.